The van der Waals surface area contributed by atoms with Gasteiger partial charge in [0.15, 0.2) is 0 Å². The monoisotopic (exact) mass is 331 g/mol. The molecule has 0 unspecified atom stereocenters. The summed E-state index contributed by atoms with van der Waals surface area (Å²) >= 11 is 1.50. The van der Waals surface area contributed by atoms with Gasteiger partial charge < -0.3 is 10.2 Å². The van der Waals surface area contributed by atoms with E-state index in [2.05, 4.69) is 24.1 Å². The van der Waals surface area contributed by atoms with E-state index in [9.17, 15) is 8.42 Å². The zero-order valence-corrected chi connectivity index (χ0v) is 14.6. The van der Waals surface area contributed by atoms with E-state index < -0.39 is 10.0 Å². The molecule has 0 saturated carbocycles. The maximum absolute atomic E-state index is 12.8. The molecule has 0 amide bonds. The lowest BCUT2D eigenvalue weighted by Gasteiger charge is -2.34. The SMILES string of the molecule is CNCc1sccc1S(=O)(=O)N1CCN(CC(C)C)CC1. The summed E-state index contributed by atoms with van der Waals surface area (Å²) in [4.78, 5) is 3.71. The van der Waals surface area contributed by atoms with Crippen LogP contribution in [0.15, 0.2) is 16.3 Å². The Morgan fingerprint density at radius 3 is 2.52 bits per heavy atom. The van der Waals surface area contributed by atoms with Crippen molar-refractivity contribution in [1.82, 2.24) is 14.5 Å². The fourth-order valence-corrected chi connectivity index (χ4v) is 5.50. The van der Waals surface area contributed by atoms with Crippen molar-refractivity contribution in [3.63, 3.8) is 0 Å². The van der Waals surface area contributed by atoms with Crippen LogP contribution in [0, 0.1) is 5.92 Å². The molecular formula is C14H25N3O2S2. The number of sulfonamides is 1. The van der Waals surface area contributed by atoms with Gasteiger partial charge in [-0.05, 0) is 24.4 Å². The van der Waals surface area contributed by atoms with Crippen LogP contribution in [0.25, 0.3) is 0 Å². The van der Waals surface area contributed by atoms with Crippen molar-refractivity contribution >= 4 is 21.4 Å². The van der Waals surface area contributed by atoms with Gasteiger partial charge in [-0.2, -0.15) is 4.31 Å². The molecular weight excluding hydrogens is 306 g/mol. The Morgan fingerprint density at radius 1 is 1.29 bits per heavy atom. The quantitative estimate of drug-likeness (QED) is 0.857. The van der Waals surface area contributed by atoms with Gasteiger partial charge in [0.1, 0.15) is 0 Å². The molecule has 21 heavy (non-hydrogen) atoms. The van der Waals surface area contributed by atoms with Crippen LogP contribution in [-0.4, -0.2) is 57.4 Å². The molecule has 1 saturated heterocycles. The van der Waals surface area contributed by atoms with E-state index in [1.54, 1.807) is 10.4 Å². The maximum Gasteiger partial charge on any atom is 0.244 e. The number of piperazine rings is 1. The zero-order chi connectivity index (χ0) is 15.5. The molecule has 0 spiro atoms. The van der Waals surface area contributed by atoms with E-state index in [0.29, 0.717) is 30.4 Å². The van der Waals surface area contributed by atoms with Crippen LogP contribution in [0.1, 0.15) is 18.7 Å². The van der Waals surface area contributed by atoms with Crippen LogP contribution < -0.4 is 5.32 Å². The second-order valence-corrected chi connectivity index (χ2v) is 8.74. The number of nitrogens with zero attached hydrogens (tertiary/aromatic N) is 2. The number of hydrogen-bond acceptors (Lipinski definition) is 5. The topological polar surface area (TPSA) is 52.7 Å². The van der Waals surface area contributed by atoms with Gasteiger partial charge in [0, 0.05) is 44.1 Å². The fraction of sp³-hybridized carbons (Fsp3) is 0.714. The second-order valence-electron chi connectivity index (χ2n) is 5.84. The van der Waals surface area contributed by atoms with Crippen molar-refractivity contribution in [1.29, 1.82) is 0 Å². The molecule has 5 nitrogen and oxygen atoms in total. The first-order valence-electron chi connectivity index (χ1n) is 7.38. The smallest absolute Gasteiger partial charge is 0.244 e. The molecule has 1 aliphatic heterocycles. The minimum Gasteiger partial charge on any atom is -0.315 e. The Bertz CT molecular complexity index is 546. The van der Waals surface area contributed by atoms with Crippen LogP contribution in [-0.2, 0) is 16.6 Å². The van der Waals surface area contributed by atoms with Crippen molar-refractivity contribution in [3.8, 4) is 0 Å². The van der Waals surface area contributed by atoms with E-state index >= 15 is 0 Å². The van der Waals surface area contributed by atoms with Crippen molar-refractivity contribution in [3.05, 3.63) is 16.3 Å². The van der Waals surface area contributed by atoms with Crippen LogP contribution >= 0.6 is 11.3 Å². The zero-order valence-electron chi connectivity index (χ0n) is 13.0. The van der Waals surface area contributed by atoms with Gasteiger partial charge in [-0.15, -0.1) is 11.3 Å². The number of thiophene rings is 1. The molecule has 7 heteroatoms. The van der Waals surface area contributed by atoms with E-state index in [1.165, 1.54) is 11.3 Å². The highest BCUT2D eigenvalue weighted by Gasteiger charge is 2.30. The Morgan fingerprint density at radius 2 is 1.95 bits per heavy atom. The summed E-state index contributed by atoms with van der Waals surface area (Å²) in [7, 11) is -1.51. The highest BCUT2D eigenvalue weighted by Crippen LogP contribution is 2.26. The first kappa shape index (κ1) is 16.9. The van der Waals surface area contributed by atoms with Crippen molar-refractivity contribution in [2.24, 2.45) is 5.92 Å². The Kier molecular flexibility index (Phi) is 5.79. The third-order valence-electron chi connectivity index (χ3n) is 3.61. The highest BCUT2D eigenvalue weighted by molar-refractivity contribution is 7.89. The van der Waals surface area contributed by atoms with E-state index in [-0.39, 0.29) is 0 Å². The molecule has 2 rings (SSSR count). The van der Waals surface area contributed by atoms with E-state index in [0.717, 1.165) is 24.5 Å². The van der Waals surface area contributed by atoms with Crippen LogP contribution in [0.4, 0.5) is 0 Å². The number of rotatable bonds is 6. The standard InChI is InChI=1S/C14H25N3O2S2/c1-12(2)11-16-5-7-17(8-6-16)21(18,19)14-4-9-20-13(14)10-15-3/h4,9,12,15H,5-8,10-11H2,1-3H3. The number of hydrogen-bond donors (Lipinski definition) is 1. The van der Waals surface area contributed by atoms with Crippen molar-refractivity contribution in [2.75, 3.05) is 39.8 Å². The van der Waals surface area contributed by atoms with Crippen LogP contribution in [0.5, 0.6) is 0 Å². The predicted octanol–water partition coefficient (Wildman–Crippen LogP) is 1.43. The normalized spacial score (nSPS) is 18.5. The molecule has 1 fully saturated rings. The molecule has 2 heterocycles. The second kappa shape index (κ2) is 7.19. The molecule has 1 aliphatic rings. The van der Waals surface area contributed by atoms with Crippen molar-refractivity contribution < 1.29 is 8.42 Å². The number of nitrogens with one attached hydrogen (secondary N) is 1. The Hall–Kier alpha value is -0.470. The largest absolute Gasteiger partial charge is 0.315 e. The lowest BCUT2D eigenvalue weighted by Crippen LogP contribution is -2.49. The Labute approximate surface area is 132 Å². The van der Waals surface area contributed by atoms with Gasteiger partial charge in [0.05, 0.1) is 4.90 Å². The van der Waals surface area contributed by atoms with Crippen LogP contribution in [0.3, 0.4) is 0 Å². The molecule has 1 aromatic rings. The molecule has 0 aliphatic carbocycles. The van der Waals surface area contributed by atoms with Gasteiger partial charge >= 0.3 is 0 Å². The molecule has 0 bridgehead atoms. The summed E-state index contributed by atoms with van der Waals surface area (Å²) in [6.45, 7) is 8.84. The Balaban J connectivity index is 2.06. The summed E-state index contributed by atoms with van der Waals surface area (Å²) in [6, 6.07) is 1.73. The van der Waals surface area contributed by atoms with Gasteiger partial charge in [0.25, 0.3) is 0 Å². The van der Waals surface area contributed by atoms with Gasteiger partial charge in [-0.1, -0.05) is 13.8 Å². The average molecular weight is 332 g/mol. The van der Waals surface area contributed by atoms with E-state index in [4.69, 9.17) is 0 Å². The summed E-state index contributed by atoms with van der Waals surface area (Å²) in [6.07, 6.45) is 0. The summed E-state index contributed by atoms with van der Waals surface area (Å²) < 4.78 is 27.1. The first-order valence-corrected chi connectivity index (χ1v) is 9.70. The molecule has 1 aromatic heterocycles. The predicted molar refractivity (Wildman–Crippen MR) is 87.1 cm³/mol. The fourth-order valence-electron chi connectivity index (χ4n) is 2.66. The molecule has 1 N–H and O–H groups in total. The third-order valence-corrected chi connectivity index (χ3v) is 6.65. The van der Waals surface area contributed by atoms with E-state index in [1.807, 2.05) is 12.4 Å². The molecule has 0 aromatic carbocycles. The summed E-state index contributed by atoms with van der Waals surface area (Å²) in [5.41, 5.74) is 0. The minimum absolute atomic E-state index is 0.471. The average Bonchev–Trinajstić information content (AvgIpc) is 2.88. The molecule has 0 atom stereocenters. The maximum atomic E-state index is 12.8. The highest BCUT2D eigenvalue weighted by atomic mass is 32.2. The molecule has 0 radical (unpaired) electrons. The van der Waals surface area contributed by atoms with Gasteiger partial charge in [-0.3, -0.25) is 0 Å². The minimum atomic E-state index is -3.35. The van der Waals surface area contributed by atoms with Crippen molar-refractivity contribution in [2.45, 2.75) is 25.3 Å². The summed E-state index contributed by atoms with van der Waals surface area (Å²) in [5, 5.41) is 4.89. The summed E-state index contributed by atoms with van der Waals surface area (Å²) in [5.74, 6) is 0.618. The lowest BCUT2D eigenvalue weighted by atomic mass is 10.2. The lowest BCUT2D eigenvalue weighted by molar-refractivity contribution is 0.172. The third kappa shape index (κ3) is 4.04. The van der Waals surface area contributed by atoms with Gasteiger partial charge in [0.2, 0.25) is 10.0 Å². The molecule has 120 valence electrons. The van der Waals surface area contributed by atoms with Crippen LogP contribution in [0.2, 0.25) is 0 Å². The van der Waals surface area contributed by atoms with Gasteiger partial charge in [-0.25, -0.2) is 8.42 Å². The first-order chi connectivity index (χ1) is 9.95.